The molecule has 0 atom stereocenters. The summed E-state index contributed by atoms with van der Waals surface area (Å²) < 4.78 is 2.41. The number of carbonyl (C=O) groups is 1. The van der Waals surface area contributed by atoms with E-state index in [2.05, 4.69) is 26.2 Å². The SMILES string of the molecule is Cc1cc(Br)ccc1-n1cc(C(=O)O)nn1. The van der Waals surface area contributed by atoms with Crippen LogP contribution in [0.3, 0.4) is 0 Å². The summed E-state index contributed by atoms with van der Waals surface area (Å²) in [4.78, 5) is 10.7. The number of aromatic carboxylic acids is 1. The van der Waals surface area contributed by atoms with Crippen molar-refractivity contribution in [3.63, 3.8) is 0 Å². The first kappa shape index (κ1) is 10.8. The van der Waals surface area contributed by atoms with Gasteiger partial charge in [0.25, 0.3) is 0 Å². The van der Waals surface area contributed by atoms with Gasteiger partial charge in [-0.15, -0.1) is 5.10 Å². The van der Waals surface area contributed by atoms with Crippen molar-refractivity contribution >= 4 is 21.9 Å². The van der Waals surface area contributed by atoms with Crippen LogP contribution in [-0.2, 0) is 0 Å². The van der Waals surface area contributed by atoms with Crippen molar-refractivity contribution in [2.75, 3.05) is 0 Å². The highest BCUT2D eigenvalue weighted by atomic mass is 79.9. The number of hydrogen-bond donors (Lipinski definition) is 1. The van der Waals surface area contributed by atoms with E-state index in [1.54, 1.807) is 0 Å². The van der Waals surface area contributed by atoms with Gasteiger partial charge in [-0.2, -0.15) is 0 Å². The molecule has 0 amide bonds. The highest BCUT2D eigenvalue weighted by Gasteiger charge is 2.10. The van der Waals surface area contributed by atoms with Gasteiger partial charge in [-0.3, -0.25) is 0 Å². The molecule has 1 aromatic carbocycles. The maximum absolute atomic E-state index is 10.7. The molecule has 6 heteroatoms. The Morgan fingerprint density at radius 3 is 2.81 bits per heavy atom. The normalized spacial score (nSPS) is 10.4. The summed E-state index contributed by atoms with van der Waals surface area (Å²) in [6, 6.07) is 5.64. The van der Waals surface area contributed by atoms with Crippen molar-refractivity contribution in [2.45, 2.75) is 6.92 Å². The minimum absolute atomic E-state index is 0.0673. The fourth-order valence-corrected chi connectivity index (χ4v) is 1.83. The number of aromatic nitrogens is 3. The number of halogens is 1. The Morgan fingerprint density at radius 2 is 2.25 bits per heavy atom. The highest BCUT2D eigenvalue weighted by molar-refractivity contribution is 9.10. The maximum atomic E-state index is 10.7. The number of carboxylic acids is 1. The first-order valence-electron chi connectivity index (χ1n) is 4.50. The van der Waals surface area contributed by atoms with Crippen LogP contribution in [0.1, 0.15) is 16.1 Å². The third kappa shape index (κ3) is 1.96. The van der Waals surface area contributed by atoms with Gasteiger partial charge in [-0.1, -0.05) is 21.1 Å². The molecule has 5 nitrogen and oxygen atoms in total. The smallest absolute Gasteiger partial charge is 0.358 e. The first-order chi connectivity index (χ1) is 7.58. The molecule has 0 saturated carbocycles. The summed E-state index contributed by atoms with van der Waals surface area (Å²) >= 11 is 3.36. The third-order valence-electron chi connectivity index (χ3n) is 2.12. The van der Waals surface area contributed by atoms with Crippen molar-refractivity contribution in [3.8, 4) is 5.69 Å². The number of rotatable bonds is 2. The molecule has 2 aromatic rings. The van der Waals surface area contributed by atoms with Crippen LogP contribution in [0.4, 0.5) is 0 Å². The summed E-state index contributed by atoms with van der Waals surface area (Å²) in [5.74, 6) is -1.08. The zero-order valence-electron chi connectivity index (χ0n) is 8.38. The van der Waals surface area contributed by atoms with Crippen LogP contribution in [0, 0.1) is 6.92 Å². The van der Waals surface area contributed by atoms with Gasteiger partial charge in [-0.25, -0.2) is 9.48 Å². The Hall–Kier alpha value is -1.69. The van der Waals surface area contributed by atoms with Crippen molar-refractivity contribution in [1.29, 1.82) is 0 Å². The second kappa shape index (κ2) is 4.05. The lowest BCUT2D eigenvalue weighted by Gasteiger charge is -2.04. The number of hydrogen-bond acceptors (Lipinski definition) is 3. The number of aryl methyl sites for hydroxylation is 1. The summed E-state index contributed by atoms with van der Waals surface area (Å²) in [7, 11) is 0. The van der Waals surface area contributed by atoms with Crippen molar-refractivity contribution in [3.05, 3.63) is 40.1 Å². The van der Waals surface area contributed by atoms with Crippen LogP contribution in [0.25, 0.3) is 5.69 Å². The summed E-state index contributed by atoms with van der Waals surface area (Å²) in [6.45, 7) is 1.92. The molecular weight excluding hydrogens is 274 g/mol. The molecule has 0 aliphatic carbocycles. The topological polar surface area (TPSA) is 68.0 Å². The van der Waals surface area contributed by atoms with Crippen LogP contribution in [0.2, 0.25) is 0 Å². The standard InChI is InChI=1S/C10H8BrN3O2/c1-6-4-7(11)2-3-9(6)14-5-8(10(15)16)12-13-14/h2-5H,1H3,(H,15,16). The van der Waals surface area contributed by atoms with Crippen LogP contribution < -0.4 is 0 Å². The van der Waals surface area contributed by atoms with Crippen LogP contribution >= 0.6 is 15.9 Å². The van der Waals surface area contributed by atoms with E-state index in [9.17, 15) is 4.79 Å². The van der Waals surface area contributed by atoms with E-state index in [0.717, 1.165) is 15.7 Å². The average Bonchev–Trinajstić information content (AvgIpc) is 2.66. The monoisotopic (exact) mass is 281 g/mol. The fourth-order valence-electron chi connectivity index (χ4n) is 1.36. The molecule has 0 radical (unpaired) electrons. The van der Waals surface area contributed by atoms with E-state index in [4.69, 9.17) is 5.11 Å². The van der Waals surface area contributed by atoms with Gasteiger partial charge in [0, 0.05) is 4.47 Å². The van der Waals surface area contributed by atoms with Crippen LogP contribution in [0.5, 0.6) is 0 Å². The van der Waals surface area contributed by atoms with E-state index in [1.165, 1.54) is 10.9 Å². The van der Waals surface area contributed by atoms with E-state index < -0.39 is 5.97 Å². The molecule has 16 heavy (non-hydrogen) atoms. The quantitative estimate of drug-likeness (QED) is 0.915. The number of carboxylic acid groups (broad SMARTS) is 1. The predicted molar refractivity (Wildman–Crippen MR) is 60.8 cm³/mol. The maximum Gasteiger partial charge on any atom is 0.358 e. The summed E-state index contributed by atoms with van der Waals surface area (Å²) in [6.07, 6.45) is 1.39. The molecule has 2 rings (SSSR count). The zero-order valence-corrected chi connectivity index (χ0v) is 9.97. The molecule has 0 aliphatic rings. The summed E-state index contributed by atoms with van der Waals surface area (Å²) in [5, 5.41) is 16.1. The van der Waals surface area contributed by atoms with Crippen LogP contribution in [-0.4, -0.2) is 26.1 Å². The molecule has 1 aromatic heterocycles. The molecule has 0 fully saturated rings. The molecule has 1 N–H and O–H groups in total. The number of benzene rings is 1. The van der Waals surface area contributed by atoms with Gasteiger partial charge >= 0.3 is 5.97 Å². The Bertz CT molecular complexity index is 551. The third-order valence-corrected chi connectivity index (χ3v) is 2.61. The molecule has 0 aliphatic heterocycles. The van der Waals surface area contributed by atoms with Crippen molar-refractivity contribution < 1.29 is 9.90 Å². The lowest BCUT2D eigenvalue weighted by Crippen LogP contribution is -1.98. The molecular formula is C10H8BrN3O2. The van der Waals surface area contributed by atoms with Gasteiger partial charge in [0.15, 0.2) is 5.69 Å². The van der Waals surface area contributed by atoms with E-state index in [-0.39, 0.29) is 5.69 Å². The van der Waals surface area contributed by atoms with Gasteiger partial charge in [0.05, 0.1) is 11.9 Å². The molecule has 0 unspecified atom stereocenters. The Morgan fingerprint density at radius 1 is 1.50 bits per heavy atom. The Labute approximate surface area is 99.8 Å². The minimum atomic E-state index is -1.08. The zero-order chi connectivity index (χ0) is 11.7. The van der Waals surface area contributed by atoms with E-state index in [1.807, 2.05) is 25.1 Å². The predicted octanol–water partition coefficient (Wildman–Crippen LogP) is 2.04. The molecule has 0 spiro atoms. The highest BCUT2D eigenvalue weighted by Crippen LogP contribution is 2.18. The lowest BCUT2D eigenvalue weighted by molar-refractivity contribution is 0.0690. The van der Waals surface area contributed by atoms with Gasteiger partial charge in [0.1, 0.15) is 0 Å². The molecule has 1 heterocycles. The number of nitrogens with zero attached hydrogens (tertiary/aromatic N) is 3. The van der Waals surface area contributed by atoms with Gasteiger partial charge in [0.2, 0.25) is 0 Å². The van der Waals surface area contributed by atoms with E-state index in [0.29, 0.717) is 0 Å². The Balaban J connectivity index is 2.46. The van der Waals surface area contributed by atoms with Crippen molar-refractivity contribution in [1.82, 2.24) is 15.0 Å². The second-order valence-corrected chi connectivity index (χ2v) is 4.20. The fraction of sp³-hybridized carbons (Fsp3) is 0.100. The largest absolute Gasteiger partial charge is 0.476 e. The first-order valence-corrected chi connectivity index (χ1v) is 5.29. The molecule has 0 bridgehead atoms. The average molecular weight is 282 g/mol. The van der Waals surface area contributed by atoms with E-state index >= 15 is 0 Å². The molecule has 0 saturated heterocycles. The minimum Gasteiger partial charge on any atom is -0.476 e. The van der Waals surface area contributed by atoms with Crippen LogP contribution in [0.15, 0.2) is 28.9 Å². The van der Waals surface area contributed by atoms with Crippen molar-refractivity contribution in [2.24, 2.45) is 0 Å². The summed E-state index contributed by atoms with van der Waals surface area (Å²) in [5.41, 5.74) is 1.72. The molecule has 82 valence electrons. The van der Waals surface area contributed by atoms with Gasteiger partial charge in [-0.05, 0) is 30.7 Å². The van der Waals surface area contributed by atoms with Gasteiger partial charge < -0.3 is 5.11 Å². The lowest BCUT2D eigenvalue weighted by atomic mass is 10.2. The Kier molecular flexibility index (Phi) is 2.74. The second-order valence-electron chi connectivity index (χ2n) is 3.28.